The zero-order chi connectivity index (χ0) is 18.5. The van der Waals surface area contributed by atoms with Crippen LogP contribution in [0.15, 0.2) is 60.2 Å². The number of H-pyrrole nitrogens is 1. The fourth-order valence-corrected chi connectivity index (χ4v) is 3.54. The molecular formula is C20H19N5OS. The summed E-state index contributed by atoms with van der Waals surface area (Å²) >= 11 is 1.69. The predicted molar refractivity (Wildman–Crippen MR) is 108 cm³/mol. The van der Waals surface area contributed by atoms with E-state index in [4.69, 9.17) is 4.74 Å². The smallest absolute Gasteiger partial charge is 0.148 e. The molecule has 3 heterocycles. The van der Waals surface area contributed by atoms with Crippen LogP contribution in [-0.4, -0.2) is 33.8 Å². The van der Waals surface area contributed by atoms with Gasteiger partial charge in [0.15, 0.2) is 0 Å². The van der Waals surface area contributed by atoms with E-state index in [1.165, 1.54) is 4.88 Å². The van der Waals surface area contributed by atoms with Gasteiger partial charge in [-0.25, -0.2) is 4.98 Å². The van der Waals surface area contributed by atoms with Gasteiger partial charge in [0, 0.05) is 24.2 Å². The number of hydrogen-bond acceptors (Lipinski definition) is 6. The number of thiophene rings is 1. The van der Waals surface area contributed by atoms with Gasteiger partial charge in [-0.05, 0) is 47.8 Å². The van der Waals surface area contributed by atoms with Crippen LogP contribution in [0.1, 0.15) is 5.69 Å². The number of anilines is 1. The second-order valence-electron chi connectivity index (χ2n) is 5.92. The first-order valence-electron chi connectivity index (χ1n) is 8.61. The summed E-state index contributed by atoms with van der Waals surface area (Å²) in [6, 6.07) is 15.8. The third kappa shape index (κ3) is 3.98. The summed E-state index contributed by atoms with van der Waals surface area (Å²) in [7, 11) is 1.65. The first kappa shape index (κ1) is 17.2. The molecule has 0 spiro atoms. The lowest BCUT2D eigenvalue weighted by Gasteiger charge is -2.06. The summed E-state index contributed by atoms with van der Waals surface area (Å²) in [6.45, 7) is 0.747. The van der Waals surface area contributed by atoms with Gasteiger partial charge in [-0.3, -0.25) is 0 Å². The second-order valence-corrected chi connectivity index (χ2v) is 6.86. The number of imidazole rings is 1. The van der Waals surface area contributed by atoms with Gasteiger partial charge >= 0.3 is 0 Å². The Kier molecular flexibility index (Phi) is 5.11. The summed E-state index contributed by atoms with van der Waals surface area (Å²) < 4.78 is 5.18. The van der Waals surface area contributed by atoms with Gasteiger partial charge in [0.1, 0.15) is 17.3 Å². The number of nitrogens with zero attached hydrogens (tertiary/aromatic N) is 3. The Morgan fingerprint density at radius 2 is 1.96 bits per heavy atom. The fraction of sp³-hybridized carbons (Fsp3) is 0.150. The van der Waals surface area contributed by atoms with Crippen LogP contribution in [0, 0.1) is 0 Å². The summed E-state index contributed by atoms with van der Waals surface area (Å²) in [6.07, 6.45) is 2.57. The highest BCUT2D eigenvalue weighted by atomic mass is 32.1. The highest BCUT2D eigenvalue weighted by Gasteiger charge is 2.09. The molecule has 4 aromatic rings. The average molecular weight is 377 g/mol. The Bertz CT molecular complexity index is 978. The van der Waals surface area contributed by atoms with Gasteiger partial charge in [-0.15, -0.1) is 21.5 Å². The molecule has 136 valence electrons. The van der Waals surface area contributed by atoms with Gasteiger partial charge in [-0.2, -0.15) is 0 Å². The van der Waals surface area contributed by atoms with Crippen LogP contribution in [0.5, 0.6) is 5.75 Å². The Morgan fingerprint density at radius 1 is 1.07 bits per heavy atom. The van der Waals surface area contributed by atoms with E-state index in [0.29, 0.717) is 0 Å². The minimum Gasteiger partial charge on any atom is -0.497 e. The SMILES string of the molecule is COc1ccc(-c2ccc(NCCc3[nH]cnc3-c3cccs3)nn2)cc1. The molecule has 0 aliphatic carbocycles. The van der Waals surface area contributed by atoms with Crippen molar-refractivity contribution in [1.82, 2.24) is 20.2 Å². The van der Waals surface area contributed by atoms with Crippen LogP contribution in [0.25, 0.3) is 21.8 Å². The zero-order valence-corrected chi connectivity index (χ0v) is 15.7. The molecule has 0 atom stereocenters. The van der Waals surface area contributed by atoms with E-state index in [-0.39, 0.29) is 0 Å². The van der Waals surface area contributed by atoms with Crippen LogP contribution in [0.3, 0.4) is 0 Å². The Labute approximate surface area is 161 Å². The maximum Gasteiger partial charge on any atom is 0.148 e. The molecule has 0 bridgehead atoms. The minimum absolute atomic E-state index is 0.747. The molecule has 0 aliphatic heterocycles. The molecule has 2 N–H and O–H groups in total. The van der Waals surface area contributed by atoms with Crippen molar-refractivity contribution in [3.05, 3.63) is 65.9 Å². The van der Waals surface area contributed by atoms with E-state index in [1.54, 1.807) is 24.8 Å². The monoisotopic (exact) mass is 377 g/mol. The highest BCUT2D eigenvalue weighted by Crippen LogP contribution is 2.25. The summed E-state index contributed by atoms with van der Waals surface area (Å²) in [4.78, 5) is 8.84. The lowest BCUT2D eigenvalue weighted by molar-refractivity contribution is 0.415. The number of methoxy groups -OCH3 is 1. The van der Waals surface area contributed by atoms with Crippen molar-refractivity contribution in [1.29, 1.82) is 0 Å². The van der Waals surface area contributed by atoms with E-state index in [1.807, 2.05) is 42.5 Å². The van der Waals surface area contributed by atoms with Crippen molar-refractivity contribution >= 4 is 17.2 Å². The molecule has 0 saturated heterocycles. The molecule has 0 unspecified atom stereocenters. The molecule has 0 amide bonds. The lowest BCUT2D eigenvalue weighted by atomic mass is 10.1. The van der Waals surface area contributed by atoms with Crippen LogP contribution < -0.4 is 10.1 Å². The number of aromatic amines is 1. The molecule has 3 aromatic heterocycles. The standard InChI is InChI=1S/C20H19N5OS/c1-26-15-6-4-14(5-7-15)16-8-9-19(25-24-16)21-11-10-17-20(23-13-22-17)18-3-2-12-27-18/h2-9,12-13H,10-11H2,1H3,(H,21,25)(H,22,23). The largest absolute Gasteiger partial charge is 0.497 e. The molecule has 0 aliphatic rings. The van der Waals surface area contributed by atoms with Crippen molar-refractivity contribution in [3.63, 3.8) is 0 Å². The van der Waals surface area contributed by atoms with Crippen LogP contribution in [0.2, 0.25) is 0 Å². The maximum atomic E-state index is 5.18. The molecule has 0 saturated carbocycles. The molecule has 27 heavy (non-hydrogen) atoms. The van der Waals surface area contributed by atoms with Gasteiger partial charge in [0.25, 0.3) is 0 Å². The average Bonchev–Trinajstić information content (AvgIpc) is 3.40. The number of nitrogens with one attached hydrogen (secondary N) is 2. The van der Waals surface area contributed by atoms with Crippen molar-refractivity contribution in [2.24, 2.45) is 0 Å². The predicted octanol–water partition coefficient (Wildman–Crippen LogP) is 4.26. The molecule has 0 fully saturated rings. The third-order valence-corrected chi connectivity index (χ3v) is 5.08. The Hall–Kier alpha value is -3.19. The summed E-state index contributed by atoms with van der Waals surface area (Å²) in [5.41, 5.74) is 3.98. The van der Waals surface area contributed by atoms with Gasteiger partial charge < -0.3 is 15.0 Å². The number of hydrogen-bond donors (Lipinski definition) is 2. The second kappa shape index (κ2) is 8.01. The van der Waals surface area contributed by atoms with Crippen LogP contribution >= 0.6 is 11.3 Å². The summed E-state index contributed by atoms with van der Waals surface area (Å²) in [5, 5.41) is 14.0. The van der Waals surface area contributed by atoms with Gasteiger partial charge in [-0.1, -0.05) is 6.07 Å². The van der Waals surface area contributed by atoms with Crippen molar-refractivity contribution in [3.8, 4) is 27.6 Å². The van der Waals surface area contributed by atoms with Crippen molar-refractivity contribution in [2.45, 2.75) is 6.42 Å². The van der Waals surface area contributed by atoms with Crippen molar-refractivity contribution in [2.75, 3.05) is 19.0 Å². The van der Waals surface area contributed by atoms with E-state index in [0.717, 1.165) is 47.2 Å². The molecule has 4 rings (SSSR count). The summed E-state index contributed by atoms with van der Waals surface area (Å²) in [5.74, 6) is 1.58. The number of benzene rings is 1. The van der Waals surface area contributed by atoms with E-state index in [2.05, 4.69) is 36.9 Å². The molecule has 6 nitrogen and oxygen atoms in total. The maximum absolute atomic E-state index is 5.18. The molecular weight excluding hydrogens is 358 g/mol. The van der Waals surface area contributed by atoms with Crippen LogP contribution in [-0.2, 0) is 6.42 Å². The third-order valence-electron chi connectivity index (χ3n) is 4.20. The first-order valence-corrected chi connectivity index (χ1v) is 9.49. The molecule has 7 heteroatoms. The van der Waals surface area contributed by atoms with Crippen molar-refractivity contribution < 1.29 is 4.74 Å². The topological polar surface area (TPSA) is 75.7 Å². The number of aromatic nitrogens is 4. The van der Waals surface area contributed by atoms with E-state index >= 15 is 0 Å². The van der Waals surface area contributed by atoms with E-state index < -0.39 is 0 Å². The molecule has 0 radical (unpaired) electrons. The quantitative estimate of drug-likeness (QED) is 0.503. The normalized spacial score (nSPS) is 10.7. The van der Waals surface area contributed by atoms with Gasteiger partial charge in [0.2, 0.25) is 0 Å². The molecule has 1 aromatic carbocycles. The fourth-order valence-electron chi connectivity index (χ4n) is 2.80. The Balaban J connectivity index is 1.36. The first-order chi connectivity index (χ1) is 13.3. The van der Waals surface area contributed by atoms with E-state index in [9.17, 15) is 0 Å². The van der Waals surface area contributed by atoms with Crippen LogP contribution in [0.4, 0.5) is 5.82 Å². The Morgan fingerprint density at radius 3 is 2.67 bits per heavy atom. The zero-order valence-electron chi connectivity index (χ0n) is 14.8. The minimum atomic E-state index is 0.747. The number of ether oxygens (including phenoxy) is 1. The van der Waals surface area contributed by atoms with Gasteiger partial charge in [0.05, 0.1) is 24.0 Å². The highest BCUT2D eigenvalue weighted by molar-refractivity contribution is 7.13. The number of rotatable bonds is 7. The lowest BCUT2D eigenvalue weighted by Crippen LogP contribution is -2.07.